The number of hydrogen-bond donors (Lipinski definition) is 1. The molecule has 0 amide bonds. The molecule has 6 nitrogen and oxygen atoms in total. The molecule has 2 heterocycles. The molecule has 2 aromatic rings. The lowest BCUT2D eigenvalue weighted by molar-refractivity contribution is 0.0981. The first-order chi connectivity index (χ1) is 17.9. The Morgan fingerprint density at radius 2 is 1.11 bits per heavy atom. The molecule has 4 atom stereocenters. The molecule has 4 unspecified atom stereocenters. The van der Waals surface area contributed by atoms with Gasteiger partial charge in [-0.05, 0) is 66.0 Å². The Hall–Kier alpha value is -2.44. The highest BCUT2D eigenvalue weighted by Gasteiger charge is 2.29. The van der Waals surface area contributed by atoms with Crippen LogP contribution in [0.5, 0.6) is 23.0 Å². The number of hydrogen-bond acceptors (Lipinski definition) is 6. The number of aliphatic hydroxyl groups is 1. The van der Waals surface area contributed by atoms with Gasteiger partial charge in [0.05, 0.1) is 45.2 Å². The SMILES string of the molecule is CC(O)CC1COc2cc(C(C)(C)C)ccc2OCC(CC2CO2)COc2cc(C(C)(C)C)ccc2OC1. The summed E-state index contributed by atoms with van der Waals surface area (Å²) in [6.07, 6.45) is 1.24. The fourth-order valence-electron chi connectivity index (χ4n) is 4.67. The van der Waals surface area contributed by atoms with Crippen LogP contribution in [0.3, 0.4) is 0 Å². The molecule has 0 radical (unpaired) electrons. The molecule has 1 saturated heterocycles. The van der Waals surface area contributed by atoms with E-state index in [0.717, 1.165) is 30.3 Å². The summed E-state index contributed by atoms with van der Waals surface area (Å²) in [7, 11) is 0. The van der Waals surface area contributed by atoms with Crippen molar-refractivity contribution < 1.29 is 28.8 Å². The van der Waals surface area contributed by atoms with Crippen molar-refractivity contribution in [1.29, 1.82) is 0 Å². The van der Waals surface area contributed by atoms with Crippen molar-refractivity contribution in [2.75, 3.05) is 33.0 Å². The Morgan fingerprint density at radius 1 is 0.684 bits per heavy atom. The van der Waals surface area contributed by atoms with Crippen LogP contribution in [0.1, 0.15) is 72.4 Å². The molecule has 0 spiro atoms. The van der Waals surface area contributed by atoms with Gasteiger partial charge < -0.3 is 28.8 Å². The summed E-state index contributed by atoms with van der Waals surface area (Å²) in [5, 5.41) is 10.2. The zero-order chi connectivity index (χ0) is 27.5. The van der Waals surface area contributed by atoms with Gasteiger partial charge in [-0.1, -0.05) is 53.7 Å². The minimum Gasteiger partial charge on any atom is -0.489 e. The van der Waals surface area contributed by atoms with E-state index in [4.69, 9.17) is 23.7 Å². The fraction of sp³-hybridized carbons (Fsp3) is 0.625. The number of fused-ring (bicyclic) bond motifs is 2. The summed E-state index contributed by atoms with van der Waals surface area (Å²) in [4.78, 5) is 0. The van der Waals surface area contributed by atoms with Crippen molar-refractivity contribution in [2.45, 2.75) is 84.3 Å². The molecule has 0 saturated carbocycles. The average molecular weight is 527 g/mol. The van der Waals surface area contributed by atoms with Gasteiger partial charge in [-0.2, -0.15) is 0 Å². The molecule has 0 aliphatic carbocycles. The molecule has 0 bridgehead atoms. The lowest BCUT2D eigenvalue weighted by Gasteiger charge is -2.26. The average Bonchev–Trinajstić information content (AvgIpc) is 3.65. The highest BCUT2D eigenvalue weighted by molar-refractivity contribution is 5.46. The van der Waals surface area contributed by atoms with Crippen molar-refractivity contribution in [1.82, 2.24) is 0 Å². The van der Waals surface area contributed by atoms with Gasteiger partial charge in [0.2, 0.25) is 0 Å². The van der Waals surface area contributed by atoms with E-state index in [1.807, 2.05) is 12.1 Å². The first-order valence-electron chi connectivity index (χ1n) is 14.0. The van der Waals surface area contributed by atoms with Gasteiger partial charge in [0, 0.05) is 11.8 Å². The number of rotatable bonds is 4. The monoisotopic (exact) mass is 526 g/mol. The quantitative estimate of drug-likeness (QED) is 0.472. The number of ether oxygens (including phenoxy) is 5. The zero-order valence-corrected chi connectivity index (χ0v) is 24.2. The van der Waals surface area contributed by atoms with Gasteiger partial charge in [0.15, 0.2) is 23.0 Å². The van der Waals surface area contributed by atoms with Gasteiger partial charge in [0.25, 0.3) is 0 Å². The lowest BCUT2D eigenvalue weighted by Crippen LogP contribution is -2.26. The Labute approximate surface area is 228 Å². The van der Waals surface area contributed by atoms with E-state index in [2.05, 4.69) is 65.8 Å². The second-order valence-corrected chi connectivity index (χ2v) is 13.1. The smallest absolute Gasteiger partial charge is 0.161 e. The molecule has 210 valence electrons. The van der Waals surface area contributed by atoms with Crippen LogP contribution in [0, 0.1) is 11.8 Å². The Bertz CT molecular complexity index is 983. The third-order valence-electron chi connectivity index (χ3n) is 7.19. The van der Waals surface area contributed by atoms with Crippen LogP contribution in [0.4, 0.5) is 0 Å². The van der Waals surface area contributed by atoms with Gasteiger partial charge in [-0.15, -0.1) is 0 Å². The molecule has 38 heavy (non-hydrogen) atoms. The second-order valence-electron chi connectivity index (χ2n) is 13.1. The molecule has 4 rings (SSSR count). The molecule has 1 fully saturated rings. The first kappa shape index (κ1) is 28.6. The van der Waals surface area contributed by atoms with Gasteiger partial charge >= 0.3 is 0 Å². The van der Waals surface area contributed by atoms with Crippen LogP contribution in [-0.2, 0) is 15.6 Å². The first-order valence-corrected chi connectivity index (χ1v) is 14.0. The molecule has 1 N–H and O–H groups in total. The molecular weight excluding hydrogens is 480 g/mol. The molecule has 2 aliphatic heterocycles. The number of epoxide rings is 1. The Morgan fingerprint density at radius 3 is 1.50 bits per heavy atom. The van der Waals surface area contributed by atoms with Crippen LogP contribution < -0.4 is 18.9 Å². The van der Waals surface area contributed by atoms with E-state index < -0.39 is 6.10 Å². The maximum Gasteiger partial charge on any atom is 0.161 e. The van der Waals surface area contributed by atoms with Gasteiger partial charge in [0.1, 0.15) is 0 Å². The largest absolute Gasteiger partial charge is 0.489 e. The van der Waals surface area contributed by atoms with Gasteiger partial charge in [-0.3, -0.25) is 0 Å². The minimum absolute atomic E-state index is 0.0137. The maximum atomic E-state index is 10.2. The predicted octanol–water partition coefficient (Wildman–Crippen LogP) is 6.30. The van der Waals surface area contributed by atoms with E-state index in [0.29, 0.717) is 38.6 Å². The maximum absolute atomic E-state index is 10.2. The summed E-state index contributed by atoms with van der Waals surface area (Å²) >= 11 is 0. The summed E-state index contributed by atoms with van der Waals surface area (Å²) in [5.74, 6) is 3.03. The van der Waals surface area contributed by atoms with E-state index in [1.54, 1.807) is 6.92 Å². The van der Waals surface area contributed by atoms with Crippen molar-refractivity contribution in [3.05, 3.63) is 47.5 Å². The fourth-order valence-corrected chi connectivity index (χ4v) is 4.67. The highest BCUT2D eigenvalue weighted by Crippen LogP contribution is 2.37. The van der Waals surface area contributed by atoms with E-state index in [-0.39, 0.29) is 28.8 Å². The van der Waals surface area contributed by atoms with Crippen LogP contribution in [0.25, 0.3) is 0 Å². The third kappa shape index (κ3) is 8.03. The van der Waals surface area contributed by atoms with Crippen molar-refractivity contribution in [3.63, 3.8) is 0 Å². The summed E-state index contributed by atoms with van der Waals surface area (Å²) in [6, 6.07) is 12.4. The summed E-state index contributed by atoms with van der Waals surface area (Å²) in [5.41, 5.74) is 2.33. The van der Waals surface area contributed by atoms with E-state index in [9.17, 15) is 5.11 Å². The molecular formula is C32H46O6. The molecule has 6 heteroatoms. The summed E-state index contributed by atoms with van der Waals surface area (Å²) < 4.78 is 31.1. The molecule has 2 aliphatic rings. The van der Waals surface area contributed by atoms with Crippen molar-refractivity contribution >= 4 is 0 Å². The Balaban J connectivity index is 1.65. The van der Waals surface area contributed by atoms with Crippen LogP contribution in [-0.4, -0.2) is 50.3 Å². The van der Waals surface area contributed by atoms with Crippen LogP contribution in [0.2, 0.25) is 0 Å². The lowest BCUT2D eigenvalue weighted by atomic mass is 9.87. The summed E-state index contributed by atoms with van der Waals surface area (Å²) in [6.45, 7) is 17.6. The van der Waals surface area contributed by atoms with Gasteiger partial charge in [-0.25, -0.2) is 0 Å². The predicted molar refractivity (Wildman–Crippen MR) is 150 cm³/mol. The highest BCUT2D eigenvalue weighted by atomic mass is 16.6. The number of aliphatic hydroxyl groups excluding tert-OH is 1. The number of benzene rings is 2. The third-order valence-corrected chi connectivity index (χ3v) is 7.19. The van der Waals surface area contributed by atoms with Crippen LogP contribution in [0.15, 0.2) is 36.4 Å². The standard InChI is InChI=1S/C32H46O6/c1-21(33)12-22-16-35-27-10-8-25(32(5,6)7)15-30(27)38-19-23(13-26-20-34-26)18-36-28-11-9-24(31(2,3)4)14-29(28)37-17-22/h8-11,14-15,21-23,26,33H,12-13,16-20H2,1-7H3. The minimum atomic E-state index is -0.466. The van der Waals surface area contributed by atoms with Crippen molar-refractivity contribution in [3.8, 4) is 23.0 Å². The van der Waals surface area contributed by atoms with E-state index in [1.165, 1.54) is 11.1 Å². The zero-order valence-electron chi connectivity index (χ0n) is 24.2. The molecule has 2 aromatic carbocycles. The molecule has 0 aromatic heterocycles. The van der Waals surface area contributed by atoms with Crippen LogP contribution >= 0.6 is 0 Å². The second kappa shape index (κ2) is 11.7. The van der Waals surface area contributed by atoms with Crippen molar-refractivity contribution in [2.24, 2.45) is 11.8 Å². The Kier molecular flexibility index (Phi) is 8.83. The van der Waals surface area contributed by atoms with E-state index >= 15 is 0 Å². The topological polar surface area (TPSA) is 69.7 Å². The normalized spacial score (nSPS) is 23.3.